The van der Waals surface area contributed by atoms with Crippen molar-refractivity contribution in [2.24, 2.45) is 0 Å². The van der Waals surface area contributed by atoms with E-state index in [0.717, 1.165) is 33.8 Å². The number of hydrogen-bond acceptors (Lipinski definition) is 10. The second-order valence-corrected chi connectivity index (χ2v) is 13.8. The lowest BCUT2D eigenvalue weighted by Crippen LogP contribution is -2.36. The van der Waals surface area contributed by atoms with Crippen molar-refractivity contribution in [3.05, 3.63) is 99.8 Å². The number of sulfonamides is 1. The second kappa shape index (κ2) is 16.0. The molecule has 0 saturated carbocycles. The maximum absolute atomic E-state index is 12.3. The van der Waals surface area contributed by atoms with Gasteiger partial charge in [0.25, 0.3) is 0 Å². The van der Waals surface area contributed by atoms with Crippen molar-refractivity contribution in [2.75, 3.05) is 32.6 Å². The van der Waals surface area contributed by atoms with Crippen molar-refractivity contribution in [1.29, 1.82) is 5.26 Å². The number of fused-ring (bicyclic) bond motifs is 1. The van der Waals surface area contributed by atoms with Gasteiger partial charge in [-0.1, -0.05) is 42.8 Å². The van der Waals surface area contributed by atoms with Crippen molar-refractivity contribution in [3.63, 3.8) is 0 Å². The number of amides is 1. The first-order chi connectivity index (χ1) is 23.5. The fraction of sp³-hybridized carbons (Fsp3) is 0.306. The average Bonchev–Trinajstić information content (AvgIpc) is 3.10. The highest BCUT2D eigenvalue weighted by molar-refractivity contribution is 7.90. The van der Waals surface area contributed by atoms with Gasteiger partial charge in [-0.15, -0.1) is 0 Å². The Morgan fingerprint density at radius 3 is 2.57 bits per heavy atom. The molecule has 0 spiro atoms. The van der Waals surface area contributed by atoms with E-state index >= 15 is 0 Å². The van der Waals surface area contributed by atoms with Crippen molar-refractivity contribution in [2.45, 2.75) is 40.0 Å². The molecule has 256 valence electrons. The molecule has 1 aliphatic rings. The number of carbonyl (C=O) groups excluding carboxylic acids is 1. The van der Waals surface area contributed by atoms with Gasteiger partial charge in [0, 0.05) is 49.1 Å². The number of ether oxygens (including phenoxy) is 4. The number of carbonyl (C=O) groups is 1. The molecule has 5 rings (SSSR count). The van der Waals surface area contributed by atoms with Crippen molar-refractivity contribution in [1.82, 2.24) is 14.6 Å². The molecule has 1 aliphatic heterocycles. The molecule has 11 nitrogen and oxygen atoms in total. The third kappa shape index (κ3) is 9.41. The Balaban J connectivity index is 1.35. The monoisotopic (exact) mass is 704 g/mol. The first-order valence-corrected chi connectivity index (χ1v) is 17.7. The fourth-order valence-electron chi connectivity index (χ4n) is 5.19. The summed E-state index contributed by atoms with van der Waals surface area (Å²) in [7, 11) is -2.02. The predicted molar refractivity (Wildman–Crippen MR) is 185 cm³/mol. The van der Waals surface area contributed by atoms with Crippen LogP contribution in [0, 0.1) is 18.3 Å². The Morgan fingerprint density at radius 1 is 1.02 bits per heavy atom. The highest BCUT2D eigenvalue weighted by Gasteiger charge is 2.19. The summed E-state index contributed by atoms with van der Waals surface area (Å²) in [4.78, 5) is 17.5. The van der Waals surface area contributed by atoms with E-state index in [0.29, 0.717) is 53.0 Å². The maximum atomic E-state index is 12.3. The molecule has 1 aromatic heterocycles. The Kier molecular flexibility index (Phi) is 11.6. The Labute approximate surface area is 291 Å². The molecule has 2 heterocycles. The predicted octanol–water partition coefficient (Wildman–Crippen LogP) is 5.80. The third-order valence-electron chi connectivity index (χ3n) is 7.89. The van der Waals surface area contributed by atoms with Crippen molar-refractivity contribution >= 4 is 27.5 Å². The largest absolute Gasteiger partial charge is 0.488 e. The van der Waals surface area contributed by atoms with Crippen LogP contribution >= 0.6 is 11.6 Å². The Hall–Kier alpha value is -4.83. The number of halogens is 1. The standard InChI is InChI=1S/C36H37ClN4O7S/c1-4-36(42)40-49(43,44)13-10-41(3)21-29-15-31(37)34(17-33(29)47-22-26-14-25(18-38)19-39-20-26)48-23-28-6-5-7-30(24(28)2)27-8-9-32-35(16-27)46-12-11-45-32/h5-9,14-17,19-20H,4,10-13,21-23H2,1-3H3,(H,40,42). The van der Waals surface area contributed by atoms with Gasteiger partial charge in [-0.3, -0.25) is 14.5 Å². The lowest BCUT2D eigenvalue weighted by molar-refractivity contribution is -0.119. The minimum absolute atomic E-state index is 0.0698. The van der Waals surface area contributed by atoms with Crippen LogP contribution in [0.4, 0.5) is 0 Å². The van der Waals surface area contributed by atoms with Gasteiger partial charge in [0.1, 0.15) is 44.0 Å². The van der Waals surface area contributed by atoms with E-state index < -0.39 is 15.9 Å². The van der Waals surface area contributed by atoms with E-state index in [9.17, 15) is 18.5 Å². The molecule has 0 aliphatic carbocycles. The van der Waals surface area contributed by atoms with Gasteiger partial charge in [0.15, 0.2) is 11.5 Å². The molecule has 0 radical (unpaired) electrons. The van der Waals surface area contributed by atoms with Crippen LogP contribution in [-0.2, 0) is 34.6 Å². The molecule has 0 atom stereocenters. The summed E-state index contributed by atoms with van der Waals surface area (Å²) in [6.07, 6.45) is 3.16. The van der Waals surface area contributed by atoms with E-state index in [1.807, 2.05) is 43.3 Å². The molecule has 49 heavy (non-hydrogen) atoms. The minimum atomic E-state index is -3.78. The lowest BCUT2D eigenvalue weighted by Gasteiger charge is -2.21. The van der Waals surface area contributed by atoms with Gasteiger partial charge < -0.3 is 23.8 Å². The molecular formula is C36H37ClN4O7S. The Morgan fingerprint density at radius 2 is 1.80 bits per heavy atom. The van der Waals surface area contributed by atoms with Crippen LogP contribution in [0.2, 0.25) is 5.02 Å². The van der Waals surface area contributed by atoms with Gasteiger partial charge >= 0.3 is 0 Å². The number of hydrogen-bond donors (Lipinski definition) is 1. The summed E-state index contributed by atoms with van der Waals surface area (Å²) in [6, 6.07) is 19.2. The SMILES string of the molecule is CCC(=O)NS(=O)(=O)CCN(C)Cc1cc(Cl)c(OCc2cccc(-c3ccc4c(c3)OCCO4)c2C)cc1OCc1cncc(C#N)c1. The summed E-state index contributed by atoms with van der Waals surface area (Å²) < 4.78 is 50.7. The number of nitriles is 1. The second-order valence-electron chi connectivity index (χ2n) is 11.5. The average molecular weight is 705 g/mol. The highest BCUT2D eigenvalue weighted by atomic mass is 35.5. The van der Waals surface area contributed by atoms with Crippen LogP contribution < -0.4 is 23.7 Å². The summed E-state index contributed by atoms with van der Waals surface area (Å²) >= 11 is 6.75. The lowest BCUT2D eigenvalue weighted by atomic mass is 9.96. The molecular weight excluding hydrogens is 668 g/mol. The number of rotatable bonds is 14. The fourth-order valence-corrected chi connectivity index (χ4v) is 6.58. The minimum Gasteiger partial charge on any atom is -0.488 e. The van der Waals surface area contributed by atoms with Crippen LogP contribution in [0.25, 0.3) is 11.1 Å². The highest BCUT2D eigenvalue weighted by Crippen LogP contribution is 2.37. The zero-order valence-corrected chi connectivity index (χ0v) is 29.1. The molecule has 0 bridgehead atoms. The maximum Gasteiger partial charge on any atom is 0.236 e. The molecule has 13 heteroatoms. The van der Waals surface area contributed by atoms with Gasteiger partial charge in [0.05, 0.1) is 16.3 Å². The van der Waals surface area contributed by atoms with Crippen LogP contribution in [0.15, 0.2) is 67.0 Å². The van der Waals surface area contributed by atoms with Gasteiger partial charge in [0.2, 0.25) is 15.9 Å². The first kappa shape index (κ1) is 35.5. The normalized spacial score (nSPS) is 12.3. The Bertz CT molecular complexity index is 1980. The zero-order chi connectivity index (χ0) is 35.0. The van der Waals surface area contributed by atoms with E-state index in [-0.39, 0.29) is 31.9 Å². The van der Waals surface area contributed by atoms with Crippen LogP contribution in [0.3, 0.4) is 0 Å². The van der Waals surface area contributed by atoms with Crippen LogP contribution in [-0.4, -0.2) is 56.8 Å². The topological polar surface area (TPSA) is 140 Å². The third-order valence-corrected chi connectivity index (χ3v) is 9.44. The number of aromatic nitrogens is 1. The molecule has 1 amide bonds. The summed E-state index contributed by atoms with van der Waals surface area (Å²) in [5.74, 6) is 1.50. The van der Waals surface area contributed by atoms with Crippen LogP contribution in [0.5, 0.6) is 23.0 Å². The van der Waals surface area contributed by atoms with E-state index in [4.69, 9.17) is 30.5 Å². The van der Waals surface area contributed by atoms with Gasteiger partial charge in [-0.25, -0.2) is 8.42 Å². The van der Waals surface area contributed by atoms with E-state index in [1.165, 1.54) is 6.20 Å². The quantitative estimate of drug-likeness (QED) is 0.171. The molecule has 3 aromatic carbocycles. The number of benzene rings is 3. The number of pyridine rings is 1. The summed E-state index contributed by atoms with van der Waals surface area (Å²) in [6.45, 7) is 5.45. The first-order valence-electron chi connectivity index (χ1n) is 15.7. The molecule has 0 fully saturated rings. The van der Waals surface area contributed by atoms with E-state index in [1.54, 1.807) is 43.3 Å². The van der Waals surface area contributed by atoms with Gasteiger partial charge in [-0.2, -0.15) is 5.26 Å². The summed E-state index contributed by atoms with van der Waals surface area (Å²) in [5.41, 5.74) is 5.84. The molecule has 4 aromatic rings. The smallest absolute Gasteiger partial charge is 0.236 e. The van der Waals surface area contributed by atoms with Crippen molar-refractivity contribution in [3.8, 4) is 40.2 Å². The molecule has 0 unspecified atom stereocenters. The number of nitrogens with one attached hydrogen (secondary N) is 1. The molecule has 0 saturated heterocycles. The number of nitrogens with zero attached hydrogens (tertiary/aromatic N) is 3. The summed E-state index contributed by atoms with van der Waals surface area (Å²) in [5, 5.41) is 9.64. The zero-order valence-electron chi connectivity index (χ0n) is 27.5. The van der Waals surface area contributed by atoms with Gasteiger partial charge in [-0.05, 0) is 60.5 Å². The molecule has 1 N–H and O–H groups in total. The van der Waals surface area contributed by atoms with Crippen LogP contribution in [0.1, 0.15) is 41.2 Å². The van der Waals surface area contributed by atoms with Crippen molar-refractivity contribution < 1.29 is 32.2 Å². The van der Waals surface area contributed by atoms with E-state index in [2.05, 4.69) is 15.8 Å².